The fourth-order valence-electron chi connectivity index (χ4n) is 3.99. The summed E-state index contributed by atoms with van der Waals surface area (Å²) < 4.78 is 10.4. The molecule has 2 unspecified atom stereocenters. The largest absolute Gasteiger partial charge is 0.466 e. The fourth-order valence-corrected chi connectivity index (χ4v) is 3.99. The van der Waals surface area contributed by atoms with Gasteiger partial charge in [0.15, 0.2) is 0 Å². The molecule has 0 radical (unpaired) electrons. The average molecular weight is 447 g/mol. The highest BCUT2D eigenvalue weighted by Crippen LogP contribution is 2.31. The van der Waals surface area contributed by atoms with Crippen LogP contribution >= 0.6 is 0 Å². The Kier molecular flexibility index (Phi) is 6.65. The number of methoxy groups -OCH3 is 2. The first-order valence-electron chi connectivity index (χ1n) is 10.6. The molecule has 3 aromatic rings. The number of hydrogen-bond donors (Lipinski definition) is 1. The fraction of sp³-hybridized carbons (Fsp3) is 0.280. The predicted molar refractivity (Wildman–Crippen MR) is 123 cm³/mol. The van der Waals surface area contributed by atoms with E-state index in [4.69, 9.17) is 14.3 Å². The number of benzene rings is 2. The zero-order valence-corrected chi connectivity index (χ0v) is 18.5. The number of nitrogens with zero attached hydrogens (tertiary/aromatic N) is 2. The molecule has 2 aromatic carbocycles. The number of carbonyl (C=O) groups excluding carboxylic acids is 2. The summed E-state index contributed by atoms with van der Waals surface area (Å²) in [5, 5.41) is 8.77. The summed E-state index contributed by atoms with van der Waals surface area (Å²) in [6.07, 6.45) is 2.04. The lowest BCUT2D eigenvalue weighted by Crippen LogP contribution is -2.47. The Bertz CT molecular complexity index is 1180. The molecule has 1 aliphatic heterocycles. The molecule has 0 saturated heterocycles. The molecular formula is C25H25N3O5. The summed E-state index contributed by atoms with van der Waals surface area (Å²) >= 11 is 0. The molecule has 4 rings (SSSR count). The molecule has 1 N–H and O–H groups in total. The number of hydrogen-bond acceptors (Lipinski definition) is 7. The van der Waals surface area contributed by atoms with Crippen molar-refractivity contribution in [3.05, 3.63) is 78.1 Å². The molecule has 1 amide bonds. The number of pyridine rings is 1. The number of nitrogens with one attached hydrogen (secondary N) is 1. The first-order chi connectivity index (χ1) is 16.1. The van der Waals surface area contributed by atoms with Crippen molar-refractivity contribution in [1.82, 2.24) is 10.3 Å². The van der Waals surface area contributed by atoms with Gasteiger partial charge < -0.3 is 19.6 Å². The van der Waals surface area contributed by atoms with Crippen molar-refractivity contribution < 1.29 is 23.9 Å². The second kappa shape index (κ2) is 9.79. The zero-order valence-electron chi connectivity index (χ0n) is 18.5. The first kappa shape index (κ1) is 22.4. The van der Waals surface area contributed by atoms with Gasteiger partial charge in [-0.15, -0.1) is 0 Å². The van der Waals surface area contributed by atoms with Crippen LogP contribution in [0.4, 0.5) is 0 Å². The third kappa shape index (κ3) is 4.70. The van der Waals surface area contributed by atoms with Gasteiger partial charge >= 0.3 is 5.97 Å². The van der Waals surface area contributed by atoms with Gasteiger partial charge in [-0.05, 0) is 17.0 Å². The Balaban J connectivity index is 1.56. The van der Waals surface area contributed by atoms with Crippen LogP contribution in [0.5, 0.6) is 0 Å². The highest BCUT2D eigenvalue weighted by molar-refractivity contribution is 6.07. The topological polar surface area (TPSA) is 99.1 Å². The van der Waals surface area contributed by atoms with Gasteiger partial charge in [0.2, 0.25) is 5.60 Å². The lowest BCUT2D eigenvalue weighted by atomic mass is 9.88. The van der Waals surface area contributed by atoms with E-state index in [0.29, 0.717) is 11.4 Å². The van der Waals surface area contributed by atoms with E-state index in [1.165, 1.54) is 14.2 Å². The van der Waals surface area contributed by atoms with E-state index < -0.39 is 17.6 Å². The first-order valence-corrected chi connectivity index (χ1v) is 10.6. The van der Waals surface area contributed by atoms with Crippen LogP contribution in [0.1, 0.15) is 22.5 Å². The van der Waals surface area contributed by atoms with Crippen LogP contribution in [0, 0.1) is 0 Å². The molecule has 0 saturated carbocycles. The van der Waals surface area contributed by atoms with Crippen LogP contribution in [-0.4, -0.2) is 55.0 Å². The normalized spacial score (nSPS) is 18.3. The van der Waals surface area contributed by atoms with Crippen molar-refractivity contribution in [1.29, 1.82) is 0 Å². The molecular weight excluding hydrogens is 422 g/mol. The molecule has 2 heterocycles. The number of rotatable bonds is 8. The van der Waals surface area contributed by atoms with Gasteiger partial charge in [-0.2, -0.15) is 0 Å². The molecule has 0 aliphatic carbocycles. The number of esters is 1. The van der Waals surface area contributed by atoms with Crippen LogP contribution in [0.25, 0.3) is 10.8 Å². The standard InChI is InChI=1S/C25H25N3O5/c1-31-16-21(27-23(29)22-19-11-7-6-10-18(19)12-13-26-22)20-15-25(33-28-20,24(30)32-2)14-17-8-4-3-5-9-17/h3-13,21H,14-16H2,1-2H3,(H,27,29). The molecule has 2 atom stereocenters. The monoisotopic (exact) mass is 447 g/mol. The summed E-state index contributed by atoms with van der Waals surface area (Å²) in [6.45, 7) is 0.154. The quantitative estimate of drug-likeness (QED) is 0.533. The second-order valence-corrected chi connectivity index (χ2v) is 7.86. The molecule has 0 spiro atoms. The van der Waals surface area contributed by atoms with Crippen LogP contribution in [-0.2, 0) is 25.5 Å². The molecule has 1 aliphatic rings. The molecule has 1 aromatic heterocycles. The number of aromatic nitrogens is 1. The number of amides is 1. The van der Waals surface area contributed by atoms with Crippen LogP contribution in [0.15, 0.2) is 72.0 Å². The molecule has 8 nitrogen and oxygen atoms in total. The van der Waals surface area contributed by atoms with Crippen LogP contribution in [0.3, 0.4) is 0 Å². The average Bonchev–Trinajstić information content (AvgIpc) is 3.28. The van der Waals surface area contributed by atoms with Gasteiger partial charge in [-0.25, -0.2) is 4.79 Å². The van der Waals surface area contributed by atoms with E-state index in [1.807, 2.05) is 60.7 Å². The summed E-state index contributed by atoms with van der Waals surface area (Å²) in [4.78, 5) is 35.8. The summed E-state index contributed by atoms with van der Waals surface area (Å²) in [5.74, 6) is -0.890. The lowest BCUT2D eigenvalue weighted by Gasteiger charge is -2.24. The van der Waals surface area contributed by atoms with Gasteiger partial charge in [-0.1, -0.05) is 59.8 Å². The molecule has 0 fully saturated rings. The maximum absolute atomic E-state index is 13.1. The van der Waals surface area contributed by atoms with Gasteiger partial charge in [0.05, 0.1) is 25.5 Å². The summed E-state index contributed by atoms with van der Waals surface area (Å²) in [7, 11) is 2.85. The van der Waals surface area contributed by atoms with Gasteiger partial charge in [0.25, 0.3) is 5.91 Å². The maximum atomic E-state index is 13.1. The number of carbonyl (C=O) groups is 2. The molecule has 170 valence electrons. The minimum Gasteiger partial charge on any atom is -0.466 e. The lowest BCUT2D eigenvalue weighted by molar-refractivity contribution is -0.166. The van der Waals surface area contributed by atoms with E-state index >= 15 is 0 Å². The molecule has 8 heteroatoms. The van der Waals surface area contributed by atoms with Crippen LogP contribution < -0.4 is 5.32 Å². The van der Waals surface area contributed by atoms with E-state index in [0.717, 1.165) is 16.3 Å². The van der Waals surface area contributed by atoms with Gasteiger partial charge in [0, 0.05) is 31.5 Å². The smallest absolute Gasteiger partial charge is 0.353 e. The number of fused-ring (bicyclic) bond motifs is 1. The van der Waals surface area contributed by atoms with Crippen LogP contribution in [0.2, 0.25) is 0 Å². The van der Waals surface area contributed by atoms with E-state index in [1.54, 1.807) is 6.20 Å². The second-order valence-electron chi connectivity index (χ2n) is 7.86. The Morgan fingerprint density at radius 3 is 2.61 bits per heavy atom. The van der Waals surface area contributed by atoms with Crippen molar-refractivity contribution in [3.8, 4) is 0 Å². The molecule has 33 heavy (non-hydrogen) atoms. The van der Waals surface area contributed by atoms with Crippen molar-refractivity contribution >= 4 is 28.4 Å². The Hall–Kier alpha value is -3.78. The Morgan fingerprint density at radius 2 is 1.85 bits per heavy atom. The maximum Gasteiger partial charge on any atom is 0.353 e. The third-order valence-electron chi connectivity index (χ3n) is 5.62. The van der Waals surface area contributed by atoms with Crippen molar-refractivity contribution in [3.63, 3.8) is 0 Å². The van der Waals surface area contributed by atoms with Crippen molar-refractivity contribution in [2.45, 2.75) is 24.5 Å². The van der Waals surface area contributed by atoms with E-state index in [-0.39, 0.29) is 25.4 Å². The third-order valence-corrected chi connectivity index (χ3v) is 5.62. The summed E-state index contributed by atoms with van der Waals surface area (Å²) in [6, 6.07) is 18.3. The van der Waals surface area contributed by atoms with E-state index in [2.05, 4.69) is 15.5 Å². The minimum atomic E-state index is -1.31. The van der Waals surface area contributed by atoms with Crippen molar-refractivity contribution in [2.24, 2.45) is 5.16 Å². The zero-order chi connectivity index (χ0) is 23.3. The minimum absolute atomic E-state index is 0.154. The number of ether oxygens (including phenoxy) is 2. The highest BCUT2D eigenvalue weighted by Gasteiger charge is 2.49. The van der Waals surface area contributed by atoms with Gasteiger partial charge in [0.1, 0.15) is 5.69 Å². The Morgan fingerprint density at radius 1 is 1.09 bits per heavy atom. The Labute approximate surface area is 191 Å². The predicted octanol–water partition coefficient (Wildman–Crippen LogP) is 2.91. The summed E-state index contributed by atoms with van der Waals surface area (Å²) in [5.41, 5.74) is 0.399. The van der Waals surface area contributed by atoms with E-state index in [9.17, 15) is 9.59 Å². The van der Waals surface area contributed by atoms with Crippen molar-refractivity contribution in [2.75, 3.05) is 20.8 Å². The number of oxime groups is 1. The highest BCUT2D eigenvalue weighted by atomic mass is 16.7. The van der Waals surface area contributed by atoms with Gasteiger partial charge in [-0.3, -0.25) is 9.78 Å². The SMILES string of the molecule is COCC(NC(=O)c1nccc2ccccc12)C1=NOC(Cc2ccccc2)(C(=O)OC)C1. The molecule has 0 bridgehead atoms.